The summed E-state index contributed by atoms with van der Waals surface area (Å²) in [5.74, 6) is 3.19. The molecule has 8 nitrogen and oxygen atoms in total. The van der Waals surface area contributed by atoms with E-state index in [-0.39, 0.29) is 11.8 Å². The van der Waals surface area contributed by atoms with Gasteiger partial charge < -0.3 is 14.2 Å². The van der Waals surface area contributed by atoms with Crippen LogP contribution in [-0.2, 0) is 4.74 Å². The summed E-state index contributed by atoms with van der Waals surface area (Å²) in [5.41, 5.74) is 4.86. The van der Waals surface area contributed by atoms with E-state index in [0.717, 1.165) is 60.8 Å². The quantitative estimate of drug-likeness (QED) is 0.367. The lowest BCUT2D eigenvalue weighted by molar-refractivity contribution is 0.0789. The van der Waals surface area contributed by atoms with Crippen LogP contribution < -0.4 is 0 Å². The zero-order valence-corrected chi connectivity index (χ0v) is 21.7. The van der Waals surface area contributed by atoms with Gasteiger partial charge in [-0.25, -0.2) is 4.98 Å². The maximum absolute atomic E-state index is 13.4. The van der Waals surface area contributed by atoms with E-state index in [1.807, 2.05) is 30.0 Å². The second-order valence-electron chi connectivity index (χ2n) is 10.6. The molecule has 0 bridgehead atoms. The largest absolute Gasteiger partial charge is 0.381 e. The van der Waals surface area contributed by atoms with Crippen LogP contribution in [0, 0.1) is 6.92 Å². The minimum atomic E-state index is 0.0158. The van der Waals surface area contributed by atoms with Crippen LogP contribution >= 0.6 is 0 Å². The van der Waals surface area contributed by atoms with E-state index in [2.05, 4.69) is 47.8 Å². The molecule has 2 saturated heterocycles. The summed E-state index contributed by atoms with van der Waals surface area (Å²) < 4.78 is 13.2. The standard InChI is InChI=1S/C29H33N5O3/c1-18(2)20-4-7-24(8-5-20)34-19(3)30-25-16-22(6-9-26(25)34)29(35)33-13-10-23(17-33)28-31-27(32-37-28)21-11-14-36-15-12-21/h4-9,16,18,21,23H,10-15,17H2,1-3H3. The highest BCUT2D eigenvalue weighted by Crippen LogP contribution is 2.31. The number of fused-ring (bicyclic) bond motifs is 1. The van der Waals surface area contributed by atoms with Crippen LogP contribution in [0.4, 0.5) is 0 Å². The molecule has 0 radical (unpaired) electrons. The average Bonchev–Trinajstić information content (AvgIpc) is 3.66. The van der Waals surface area contributed by atoms with Gasteiger partial charge in [0.25, 0.3) is 5.91 Å². The molecule has 2 aromatic heterocycles. The Labute approximate surface area is 216 Å². The van der Waals surface area contributed by atoms with E-state index < -0.39 is 0 Å². The second kappa shape index (κ2) is 9.74. The van der Waals surface area contributed by atoms with Gasteiger partial charge >= 0.3 is 0 Å². The van der Waals surface area contributed by atoms with Gasteiger partial charge in [0.2, 0.25) is 5.89 Å². The molecule has 4 aromatic rings. The van der Waals surface area contributed by atoms with Crippen LogP contribution in [0.3, 0.4) is 0 Å². The zero-order valence-electron chi connectivity index (χ0n) is 21.7. The van der Waals surface area contributed by atoms with Crippen LogP contribution in [-0.4, -0.2) is 56.8 Å². The molecule has 8 heteroatoms. The van der Waals surface area contributed by atoms with Crippen LogP contribution in [0.25, 0.3) is 16.7 Å². The molecule has 37 heavy (non-hydrogen) atoms. The van der Waals surface area contributed by atoms with E-state index in [1.54, 1.807) is 0 Å². The minimum Gasteiger partial charge on any atom is -0.381 e. The number of carbonyl (C=O) groups excluding carboxylic acids is 1. The Hall–Kier alpha value is -3.52. The fourth-order valence-corrected chi connectivity index (χ4v) is 5.53. The first-order valence-electron chi connectivity index (χ1n) is 13.3. The first-order valence-corrected chi connectivity index (χ1v) is 13.3. The number of rotatable bonds is 5. The monoisotopic (exact) mass is 499 g/mol. The van der Waals surface area contributed by atoms with Crippen molar-refractivity contribution < 1.29 is 14.1 Å². The SMILES string of the molecule is Cc1nc2cc(C(=O)N3CCC(c4nc(C5CCOCC5)no4)C3)ccc2n1-c1ccc(C(C)C)cc1. The van der Waals surface area contributed by atoms with E-state index in [1.165, 1.54) is 5.56 Å². The van der Waals surface area contributed by atoms with Crippen molar-refractivity contribution in [3.05, 3.63) is 71.1 Å². The van der Waals surface area contributed by atoms with Crippen molar-refractivity contribution in [2.24, 2.45) is 0 Å². The number of likely N-dealkylation sites (tertiary alicyclic amines) is 1. The molecule has 0 N–H and O–H groups in total. The number of benzene rings is 2. The van der Waals surface area contributed by atoms with Crippen LogP contribution in [0.2, 0.25) is 0 Å². The first kappa shape index (κ1) is 23.9. The highest BCUT2D eigenvalue weighted by atomic mass is 16.5. The molecule has 1 atom stereocenters. The molecule has 0 aliphatic carbocycles. The van der Waals surface area contributed by atoms with Crippen molar-refractivity contribution in [3.8, 4) is 5.69 Å². The smallest absolute Gasteiger partial charge is 0.253 e. The molecular weight excluding hydrogens is 466 g/mol. The molecule has 0 spiro atoms. The first-order chi connectivity index (χ1) is 18.0. The van der Waals surface area contributed by atoms with Crippen molar-refractivity contribution >= 4 is 16.9 Å². The van der Waals surface area contributed by atoms with E-state index >= 15 is 0 Å². The maximum Gasteiger partial charge on any atom is 0.253 e. The van der Waals surface area contributed by atoms with Crippen molar-refractivity contribution in [3.63, 3.8) is 0 Å². The molecule has 2 aliphatic heterocycles. The number of aromatic nitrogens is 4. The lowest BCUT2D eigenvalue weighted by atomic mass is 10.00. The number of ether oxygens (including phenoxy) is 1. The Kier molecular flexibility index (Phi) is 6.28. The molecule has 1 unspecified atom stereocenters. The lowest BCUT2D eigenvalue weighted by Gasteiger charge is -2.18. The number of amides is 1. The molecule has 2 fully saturated rings. The third-order valence-corrected chi connectivity index (χ3v) is 7.76. The van der Waals surface area contributed by atoms with Gasteiger partial charge in [0.05, 0.1) is 17.0 Å². The van der Waals surface area contributed by atoms with E-state index in [9.17, 15) is 4.79 Å². The Morgan fingerprint density at radius 1 is 1.00 bits per heavy atom. The van der Waals surface area contributed by atoms with Crippen LogP contribution in [0.1, 0.15) is 84.3 Å². The van der Waals surface area contributed by atoms with Crippen LogP contribution in [0.15, 0.2) is 47.0 Å². The normalized spacial score (nSPS) is 18.8. The third kappa shape index (κ3) is 4.55. The van der Waals surface area contributed by atoms with Crippen molar-refractivity contribution in [1.82, 2.24) is 24.6 Å². The Morgan fingerprint density at radius 3 is 2.54 bits per heavy atom. The minimum absolute atomic E-state index is 0.0158. The summed E-state index contributed by atoms with van der Waals surface area (Å²) in [6.45, 7) is 9.14. The predicted octanol–water partition coefficient (Wildman–Crippen LogP) is 5.36. The van der Waals surface area contributed by atoms with Gasteiger partial charge in [0, 0.05) is 43.5 Å². The number of nitrogens with zero attached hydrogens (tertiary/aromatic N) is 5. The molecule has 4 heterocycles. The highest BCUT2D eigenvalue weighted by molar-refractivity contribution is 5.98. The van der Waals surface area contributed by atoms with Crippen molar-refractivity contribution in [2.75, 3.05) is 26.3 Å². The molecule has 2 aromatic carbocycles. The van der Waals surface area contributed by atoms with Gasteiger partial charge in [-0.3, -0.25) is 9.36 Å². The van der Waals surface area contributed by atoms with E-state index in [4.69, 9.17) is 19.2 Å². The fraction of sp³-hybridized carbons (Fsp3) is 0.448. The number of hydrogen-bond donors (Lipinski definition) is 0. The summed E-state index contributed by atoms with van der Waals surface area (Å²) in [5, 5.41) is 4.24. The summed E-state index contributed by atoms with van der Waals surface area (Å²) in [7, 11) is 0. The van der Waals surface area contributed by atoms with E-state index in [0.29, 0.717) is 36.4 Å². The molecular formula is C29H33N5O3. The van der Waals surface area contributed by atoms with Gasteiger partial charge in [-0.15, -0.1) is 0 Å². The molecule has 6 rings (SSSR count). The Balaban J connectivity index is 1.18. The molecule has 1 amide bonds. The average molecular weight is 500 g/mol. The van der Waals surface area contributed by atoms with Gasteiger partial charge in [-0.1, -0.05) is 31.1 Å². The summed E-state index contributed by atoms with van der Waals surface area (Å²) in [6, 6.07) is 14.4. The number of hydrogen-bond acceptors (Lipinski definition) is 6. The topological polar surface area (TPSA) is 86.3 Å². The van der Waals surface area contributed by atoms with Gasteiger partial charge in [-0.2, -0.15) is 4.98 Å². The zero-order chi connectivity index (χ0) is 25.5. The Bertz CT molecular complexity index is 1420. The van der Waals surface area contributed by atoms with Gasteiger partial charge in [0.1, 0.15) is 5.82 Å². The molecule has 0 saturated carbocycles. The number of aryl methyl sites for hydroxylation is 1. The van der Waals surface area contributed by atoms with Gasteiger partial charge in [0.15, 0.2) is 5.82 Å². The summed E-state index contributed by atoms with van der Waals surface area (Å²) in [4.78, 5) is 24.8. The summed E-state index contributed by atoms with van der Waals surface area (Å²) in [6.07, 6.45) is 2.67. The molecule has 2 aliphatic rings. The fourth-order valence-electron chi connectivity index (χ4n) is 5.53. The lowest BCUT2D eigenvalue weighted by Crippen LogP contribution is -2.28. The summed E-state index contributed by atoms with van der Waals surface area (Å²) >= 11 is 0. The van der Waals surface area contributed by atoms with Crippen molar-refractivity contribution in [1.29, 1.82) is 0 Å². The highest BCUT2D eigenvalue weighted by Gasteiger charge is 2.33. The Morgan fingerprint density at radius 2 is 1.78 bits per heavy atom. The predicted molar refractivity (Wildman–Crippen MR) is 140 cm³/mol. The molecule has 192 valence electrons. The van der Waals surface area contributed by atoms with Gasteiger partial charge in [-0.05, 0) is 68.0 Å². The van der Waals surface area contributed by atoms with Crippen LogP contribution in [0.5, 0.6) is 0 Å². The van der Waals surface area contributed by atoms with Crippen molar-refractivity contribution in [2.45, 2.75) is 57.8 Å². The number of imidazole rings is 1. The second-order valence-corrected chi connectivity index (χ2v) is 10.6. The number of carbonyl (C=O) groups is 1. The maximum atomic E-state index is 13.4. The third-order valence-electron chi connectivity index (χ3n) is 7.76.